The number of nitro benzene ring substituents is 1. The maximum atomic E-state index is 13.2. The SMILES string of the molecule is O=C(C1=NN(C2CCS(=O)(=O)C2)C(=O)CC1)N(Cc1ccccc1[N+](=O)[O-])CC(F)(F)F. The minimum atomic E-state index is -4.79. The van der Waals surface area contributed by atoms with Gasteiger partial charge in [-0.2, -0.15) is 18.3 Å². The lowest BCUT2D eigenvalue weighted by Crippen LogP contribution is -2.46. The zero-order valence-corrected chi connectivity index (χ0v) is 17.4. The fraction of sp³-hybridized carbons (Fsp3) is 0.500. The first-order valence-corrected chi connectivity index (χ1v) is 11.4. The average molecular weight is 476 g/mol. The molecule has 174 valence electrons. The Hall–Kier alpha value is -3.03. The van der Waals surface area contributed by atoms with Gasteiger partial charge in [-0.3, -0.25) is 19.7 Å². The highest BCUT2D eigenvalue weighted by Crippen LogP contribution is 2.26. The number of carbonyl (C=O) groups is 2. The van der Waals surface area contributed by atoms with E-state index in [-0.39, 0.29) is 42.0 Å². The molecule has 1 aromatic rings. The van der Waals surface area contributed by atoms with Gasteiger partial charge >= 0.3 is 6.18 Å². The van der Waals surface area contributed by atoms with E-state index in [1.54, 1.807) is 0 Å². The summed E-state index contributed by atoms with van der Waals surface area (Å²) in [5.74, 6) is -2.15. The Morgan fingerprint density at radius 1 is 1.28 bits per heavy atom. The Morgan fingerprint density at radius 2 is 1.97 bits per heavy atom. The maximum absolute atomic E-state index is 13.2. The molecule has 2 aliphatic rings. The number of sulfone groups is 1. The second-order valence-electron chi connectivity index (χ2n) is 7.50. The van der Waals surface area contributed by atoms with Crippen molar-refractivity contribution >= 4 is 33.1 Å². The monoisotopic (exact) mass is 476 g/mol. The summed E-state index contributed by atoms with van der Waals surface area (Å²) in [6.45, 7) is -2.37. The van der Waals surface area contributed by atoms with E-state index < -0.39 is 57.6 Å². The van der Waals surface area contributed by atoms with Crippen LogP contribution in [0.3, 0.4) is 0 Å². The molecule has 0 aromatic heterocycles. The van der Waals surface area contributed by atoms with Crippen LogP contribution in [-0.2, 0) is 26.0 Å². The smallest absolute Gasteiger partial charge is 0.324 e. The third-order valence-electron chi connectivity index (χ3n) is 5.07. The molecule has 10 nitrogen and oxygen atoms in total. The van der Waals surface area contributed by atoms with Crippen LogP contribution in [0.15, 0.2) is 29.4 Å². The summed E-state index contributed by atoms with van der Waals surface area (Å²) in [4.78, 5) is 36.0. The molecule has 32 heavy (non-hydrogen) atoms. The normalized spacial score (nSPS) is 20.7. The fourth-order valence-electron chi connectivity index (χ4n) is 3.61. The summed E-state index contributed by atoms with van der Waals surface area (Å²) in [5.41, 5.74) is -0.871. The molecule has 0 saturated carbocycles. The molecule has 3 rings (SSSR count). The van der Waals surface area contributed by atoms with Crippen molar-refractivity contribution in [1.29, 1.82) is 0 Å². The molecule has 0 spiro atoms. The Morgan fingerprint density at radius 3 is 2.56 bits per heavy atom. The molecule has 1 fully saturated rings. The second-order valence-corrected chi connectivity index (χ2v) is 9.73. The second kappa shape index (κ2) is 8.84. The summed E-state index contributed by atoms with van der Waals surface area (Å²) in [7, 11) is -3.37. The molecule has 2 aliphatic heterocycles. The van der Waals surface area contributed by atoms with E-state index in [2.05, 4.69) is 5.10 Å². The van der Waals surface area contributed by atoms with Gasteiger partial charge in [0.2, 0.25) is 5.91 Å². The molecular weight excluding hydrogens is 457 g/mol. The van der Waals surface area contributed by atoms with Crippen LogP contribution in [0.2, 0.25) is 0 Å². The molecule has 0 radical (unpaired) electrons. The molecule has 0 aliphatic carbocycles. The minimum Gasteiger partial charge on any atom is -0.324 e. The van der Waals surface area contributed by atoms with Gasteiger partial charge in [-0.25, -0.2) is 13.4 Å². The molecular formula is C18H19F3N4O6S. The van der Waals surface area contributed by atoms with E-state index in [0.29, 0.717) is 4.90 Å². The number of hydrogen-bond donors (Lipinski definition) is 0. The van der Waals surface area contributed by atoms with Crippen LogP contribution < -0.4 is 0 Å². The quantitative estimate of drug-likeness (QED) is 0.453. The molecule has 0 bridgehead atoms. The molecule has 0 N–H and O–H groups in total. The van der Waals surface area contributed by atoms with E-state index in [1.165, 1.54) is 18.2 Å². The summed E-state index contributed by atoms with van der Waals surface area (Å²) >= 11 is 0. The van der Waals surface area contributed by atoms with Gasteiger partial charge in [0.05, 0.1) is 29.0 Å². The molecule has 14 heteroatoms. The number of carbonyl (C=O) groups excluding carboxylic acids is 2. The Kier molecular flexibility index (Phi) is 6.53. The average Bonchev–Trinajstić information content (AvgIpc) is 3.06. The zero-order valence-electron chi connectivity index (χ0n) is 16.6. The lowest BCUT2D eigenvalue weighted by molar-refractivity contribution is -0.385. The number of hydrazone groups is 1. The van der Waals surface area contributed by atoms with E-state index >= 15 is 0 Å². The highest BCUT2D eigenvalue weighted by atomic mass is 32.2. The molecule has 1 aromatic carbocycles. The molecule has 1 saturated heterocycles. The minimum absolute atomic E-state index is 0.0960. The van der Waals surface area contributed by atoms with Crippen LogP contribution in [0, 0.1) is 10.1 Å². The third-order valence-corrected chi connectivity index (χ3v) is 6.82. The number of nitrogens with zero attached hydrogens (tertiary/aromatic N) is 4. The maximum Gasteiger partial charge on any atom is 0.406 e. The summed E-state index contributed by atoms with van der Waals surface area (Å²) < 4.78 is 62.9. The lowest BCUT2D eigenvalue weighted by Gasteiger charge is -2.30. The van der Waals surface area contributed by atoms with Gasteiger partial charge in [0.25, 0.3) is 11.6 Å². The van der Waals surface area contributed by atoms with Crippen molar-refractivity contribution < 1.29 is 36.1 Å². The Balaban J connectivity index is 1.90. The molecule has 2 heterocycles. The van der Waals surface area contributed by atoms with Crippen LogP contribution in [0.4, 0.5) is 18.9 Å². The Labute approximate surface area is 180 Å². The van der Waals surface area contributed by atoms with Gasteiger partial charge in [-0.05, 0) is 6.42 Å². The largest absolute Gasteiger partial charge is 0.406 e. The third kappa shape index (κ3) is 5.60. The number of hydrogen-bond acceptors (Lipinski definition) is 7. The van der Waals surface area contributed by atoms with E-state index in [0.717, 1.165) is 11.1 Å². The van der Waals surface area contributed by atoms with Gasteiger partial charge in [0.1, 0.15) is 12.3 Å². The zero-order chi connectivity index (χ0) is 23.7. The van der Waals surface area contributed by atoms with Crippen molar-refractivity contribution in [1.82, 2.24) is 9.91 Å². The summed E-state index contributed by atoms with van der Waals surface area (Å²) in [6.07, 6.45) is -5.11. The standard InChI is InChI=1S/C18H19F3N4O6S/c19-18(20,21)11-23(9-12-3-1-2-4-15(12)25(28)29)17(27)14-5-6-16(26)24(22-14)13-7-8-32(30,31)10-13/h1-4,13H,5-11H2. The van der Waals surface area contributed by atoms with Crippen LogP contribution in [0.1, 0.15) is 24.8 Å². The van der Waals surface area contributed by atoms with Crippen LogP contribution >= 0.6 is 0 Å². The number of rotatable bonds is 6. The van der Waals surface area contributed by atoms with Crippen molar-refractivity contribution in [2.45, 2.75) is 38.0 Å². The van der Waals surface area contributed by atoms with E-state index in [9.17, 15) is 41.3 Å². The van der Waals surface area contributed by atoms with Gasteiger partial charge in [0.15, 0.2) is 9.84 Å². The van der Waals surface area contributed by atoms with Crippen molar-refractivity contribution in [3.63, 3.8) is 0 Å². The molecule has 1 atom stereocenters. The van der Waals surface area contributed by atoms with Crippen molar-refractivity contribution in [3.8, 4) is 0 Å². The molecule has 2 amide bonds. The first kappa shape index (κ1) is 23.6. The van der Waals surface area contributed by atoms with Crippen molar-refractivity contribution in [3.05, 3.63) is 39.9 Å². The number of alkyl halides is 3. The molecule has 1 unspecified atom stereocenters. The summed E-state index contributed by atoms with van der Waals surface area (Å²) in [5, 5.41) is 16.0. The van der Waals surface area contributed by atoms with Crippen molar-refractivity contribution in [2.24, 2.45) is 5.10 Å². The number of halogens is 3. The van der Waals surface area contributed by atoms with Crippen molar-refractivity contribution in [2.75, 3.05) is 18.1 Å². The fourth-order valence-corrected chi connectivity index (χ4v) is 5.30. The van der Waals surface area contributed by atoms with Crippen LogP contribution in [-0.4, -0.2) is 71.0 Å². The number of para-hydroxylation sites is 1. The Bertz CT molecular complexity index is 1070. The first-order chi connectivity index (χ1) is 14.9. The number of nitro groups is 1. The van der Waals surface area contributed by atoms with Gasteiger partial charge < -0.3 is 4.90 Å². The highest BCUT2D eigenvalue weighted by molar-refractivity contribution is 7.91. The predicted octanol–water partition coefficient (Wildman–Crippen LogP) is 1.65. The van der Waals surface area contributed by atoms with Gasteiger partial charge in [-0.15, -0.1) is 0 Å². The van der Waals surface area contributed by atoms with E-state index in [1.807, 2.05) is 0 Å². The number of benzene rings is 1. The van der Waals surface area contributed by atoms with E-state index in [4.69, 9.17) is 0 Å². The topological polar surface area (TPSA) is 130 Å². The predicted molar refractivity (Wildman–Crippen MR) is 105 cm³/mol. The highest BCUT2D eigenvalue weighted by Gasteiger charge is 2.40. The van der Waals surface area contributed by atoms with Gasteiger partial charge in [0, 0.05) is 24.5 Å². The van der Waals surface area contributed by atoms with Crippen LogP contribution in [0.5, 0.6) is 0 Å². The number of amides is 2. The lowest BCUT2D eigenvalue weighted by atomic mass is 10.1. The first-order valence-electron chi connectivity index (χ1n) is 9.54. The summed E-state index contributed by atoms with van der Waals surface area (Å²) in [6, 6.07) is 4.32. The van der Waals surface area contributed by atoms with Crippen LogP contribution in [0.25, 0.3) is 0 Å². The van der Waals surface area contributed by atoms with Gasteiger partial charge in [-0.1, -0.05) is 18.2 Å².